The van der Waals surface area contributed by atoms with Gasteiger partial charge in [0.05, 0.1) is 5.88 Å². The average Bonchev–Trinajstić information content (AvgIpc) is 2.67. The molecule has 2 rings (SSSR count). The van der Waals surface area contributed by atoms with Gasteiger partial charge in [-0.3, -0.25) is 0 Å². The standard InChI is InChI=1S/C9H5Cl3F2N4/c10-3-4-7(9(13)14)17-18(8(4)12)6-2-1-5(11)15-16-6/h1-2,9H,3H2. The minimum Gasteiger partial charge on any atom is -0.203 e. The molecule has 0 amide bonds. The summed E-state index contributed by atoms with van der Waals surface area (Å²) in [6.07, 6.45) is -2.77. The molecule has 0 aliphatic heterocycles. The highest BCUT2D eigenvalue weighted by Gasteiger charge is 2.23. The smallest absolute Gasteiger partial charge is 0.203 e. The van der Waals surface area contributed by atoms with Crippen LogP contribution in [0.5, 0.6) is 0 Å². The molecule has 0 unspecified atom stereocenters. The number of nitrogens with zero attached hydrogens (tertiary/aromatic N) is 4. The fourth-order valence-electron chi connectivity index (χ4n) is 1.32. The second kappa shape index (κ2) is 5.34. The minimum absolute atomic E-state index is 0.0167. The molecule has 0 radical (unpaired) electrons. The van der Waals surface area contributed by atoms with Crippen molar-refractivity contribution in [2.75, 3.05) is 0 Å². The summed E-state index contributed by atoms with van der Waals surface area (Å²) >= 11 is 17.1. The van der Waals surface area contributed by atoms with E-state index in [1.54, 1.807) is 0 Å². The molecule has 9 heteroatoms. The molecule has 0 N–H and O–H groups in total. The topological polar surface area (TPSA) is 43.6 Å². The van der Waals surface area contributed by atoms with E-state index in [1.165, 1.54) is 12.1 Å². The van der Waals surface area contributed by atoms with Gasteiger partial charge in [0.15, 0.2) is 11.0 Å². The number of aromatic nitrogens is 4. The highest BCUT2D eigenvalue weighted by atomic mass is 35.5. The van der Waals surface area contributed by atoms with Crippen LogP contribution < -0.4 is 0 Å². The lowest BCUT2D eigenvalue weighted by Crippen LogP contribution is -2.01. The highest BCUT2D eigenvalue weighted by Crippen LogP contribution is 2.30. The third-order valence-electron chi connectivity index (χ3n) is 2.13. The van der Waals surface area contributed by atoms with Crippen LogP contribution in [-0.4, -0.2) is 20.0 Å². The van der Waals surface area contributed by atoms with E-state index in [0.717, 1.165) is 4.68 Å². The highest BCUT2D eigenvalue weighted by molar-refractivity contribution is 6.31. The Morgan fingerprint density at radius 3 is 2.39 bits per heavy atom. The molecule has 0 fully saturated rings. The number of hydrogen-bond donors (Lipinski definition) is 0. The van der Waals surface area contributed by atoms with Crippen molar-refractivity contribution in [3.05, 3.63) is 33.7 Å². The van der Waals surface area contributed by atoms with E-state index >= 15 is 0 Å². The predicted molar refractivity (Wildman–Crippen MR) is 63.7 cm³/mol. The summed E-state index contributed by atoms with van der Waals surface area (Å²) in [5.74, 6) is 0.0159. The van der Waals surface area contributed by atoms with Crippen LogP contribution in [0.4, 0.5) is 8.78 Å². The summed E-state index contributed by atoms with van der Waals surface area (Å²) in [7, 11) is 0. The lowest BCUT2D eigenvalue weighted by molar-refractivity contribution is 0.144. The molecule has 0 aliphatic rings. The molecular weight excluding hydrogens is 308 g/mol. The van der Waals surface area contributed by atoms with Crippen molar-refractivity contribution in [2.24, 2.45) is 0 Å². The van der Waals surface area contributed by atoms with Gasteiger partial charge in [0, 0.05) is 5.56 Å². The van der Waals surface area contributed by atoms with Crippen molar-refractivity contribution in [3.63, 3.8) is 0 Å². The molecule has 0 saturated carbocycles. The van der Waals surface area contributed by atoms with Gasteiger partial charge in [-0.2, -0.15) is 5.10 Å². The number of halogens is 5. The van der Waals surface area contributed by atoms with Crippen molar-refractivity contribution >= 4 is 34.8 Å². The molecule has 2 aromatic rings. The fraction of sp³-hybridized carbons (Fsp3) is 0.222. The van der Waals surface area contributed by atoms with E-state index in [9.17, 15) is 8.78 Å². The first-order chi connectivity index (χ1) is 8.54. The number of hydrogen-bond acceptors (Lipinski definition) is 3. The van der Waals surface area contributed by atoms with Crippen molar-refractivity contribution in [3.8, 4) is 5.82 Å². The van der Waals surface area contributed by atoms with Crippen molar-refractivity contribution in [1.29, 1.82) is 0 Å². The van der Waals surface area contributed by atoms with Crippen molar-refractivity contribution in [1.82, 2.24) is 20.0 Å². The normalized spacial score (nSPS) is 11.2. The van der Waals surface area contributed by atoms with E-state index in [4.69, 9.17) is 34.8 Å². The van der Waals surface area contributed by atoms with Crippen LogP contribution in [0.15, 0.2) is 12.1 Å². The predicted octanol–water partition coefficient (Wildman–Crippen LogP) is 3.65. The molecule has 0 saturated heterocycles. The van der Waals surface area contributed by atoms with E-state index < -0.39 is 12.1 Å². The first-order valence-electron chi connectivity index (χ1n) is 4.65. The van der Waals surface area contributed by atoms with E-state index in [-0.39, 0.29) is 27.6 Å². The third kappa shape index (κ3) is 2.41. The Morgan fingerprint density at radius 2 is 1.94 bits per heavy atom. The second-order valence-corrected chi connectivity index (χ2v) is 4.23. The van der Waals surface area contributed by atoms with Gasteiger partial charge in [0.1, 0.15) is 10.8 Å². The van der Waals surface area contributed by atoms with Crippen molar-refractivity contribution < 1.29 is 8.78 Å². The van der Waals surface area contributed by atoms with Crippen LogP contribution in [0, 0.1) is 0 Å². The zero-order valence-corrected chi connectivity index (χ0v) is 10.9. The van der Waals surface area contributed by atoms with Gasteiger partial charge >= 0.3 is 0 Å². The lowest BCUT2D eigenvalue weighted by atomic mass is 10.3. The van der Waals surface area contributed by atoms with E-state index in [0.29, 0.717) is 0 Å². The third-order valence-corrected chi connectivity index (χ3v) is 2.98. The quantitative estimate of drug-likeness (QED) is 0.813. The summed E-state index contributed by atoms with van der Waals surface area (Å²) in [5, 5.41) is 11.1. The molecule has 18 heavy (non-hydrogen) atoms. The Hall–Kier alpha value is -0.980. The van der Waals surface area contributed by atoms with E-state index in [2.05, 4.69) is 15.3 Å². The Bertz CT molecular complexity index is 556. The summed E-state index contributed by atoms with van der Waals surface area (Å²) in [6, 6.07) is 2.91. The maximum absolute atomic E-state index is 12.7. The summed E-state index contributed by atoms with van der Waals surface area (Å²) < 4.78 is 26.5. The monoisotopic (exact) mass is 312 g/mol. The lowest BCUT2D eigenvalue weighted by Gasteiger charge is -2.00. The summed E-state index contributed by atoms with van der Waals surface area (Å²) in [5.41, 5.74) is -0.392. The van der Waals surface area contributed by atoms with Gasteiger partial charge in [0.2, 0.25) is 0 Å². The van der Waals surface area contributed by atoms with E-state index in [1.807, 2.05) is 0 Å². The summed E-state index contributed by atoms with van der Waals surface area (Å²) in [6.45, 7) is 0. The van der Waals surface area contributed by atoms with Crippen LogP contribution >= 0.6 is 34.8 Å². The molecule has 4 nitrogen and oxygen atoms in total. The van der Waals surface area contributed by atoms with Gasteiger partial charge in [-0.15, -0.1) is 21.8 Å². The average molecular weight is 314 g/mol. The van der Waals surface area contributed by atoms with Crippen LogP contribution in [0.25, 0.3) is 5.82 Å². The van der Waals surface area contributed by atoms with Gasteiger partial charge in [-0.25, -0.2) is 13.5 Å². The molecule has 0 atom stereocenters. The minimum atomic E-state index is -2.77. The molecule has 0 bridgehead atoms. The van der Waals surface area contributed by atoms with Crippen LogP contribution in [0.3, 0.4) is 0 Å². The zero-order chi connectivity index (χ0) is 13.3. The first kappa shape index (κ1) is 13.5. The maximum Gasteiger partial charge on any atom is 0.282 e. The molecule has 96 valence electrons. The number of alkyl halides is 3. The Kier molecular flexibility index (Phi) is 3.99. The van der Waals surface area contributed by atoms with Crippen molar-refractivity contribution in [2.45, 2.75) is 12.3 Å². The Balaban J connectivity index is 2.55. The second-order valence-electron chi connectivity index (χ2n) is 3.21. The first-order valence-corrected chi connectivity index (χ1v) is 5.94. The Labute approximate surface area is 115 Å². The number of rotatable bonds is 3. The van der Waals surface area contributed by atoms with Crippen LogP contribution in [-0.2, 0) is 5.88 Å². The SMILES string of the molecule is FC(F)c1nn(-c2ccc(Cl)nn2)c(Cl)c1CCl. The molecule has 2 aromatic heterocycles. The van der Waals surface area contributed by atoms with Gasteiger partial charge in [-0.1, -0.05) is 23.2 Å². The van der Waals surface area contributed by atoms with Crippen LogP contribution in [0.2, 0.25) is 10.3 Å². The molecular formula is C9H5Cl3F2N4. The van der Waals surface area contributed by atoms with Gasteiger partial charge in [-0.05, 0) is 12.1 Å². The maximum atomic E-state index is 12.7. The largest absolute Gasteiger partial charge is 0.282 e. The Morgan fingerprint density at radius 1 is 1.22 bits per heavy atom. The zero-order valence-electron chi connectivity index (χ0n) is 8.62. The molecule has 0 spiro atoms. The van der Waals surface area contributed by atoms with Crippen LogP contribution in [0.1, 0.15) is 17.7 Å². The fourth-order valence-corrected chi connectivity index (χ4v) is 2.04. The van der Waals surface area contributed by atoms with Gasteiger partial charge in [0.25, 0.3) is 6.43 Å². The molecule has 0 aromatic carbocycles. The molecule has 2 heterocycles. The molecule has 0 aliphatic carbocycles. The summed E-state index contributed by atoms with van der Waals surface area (Å²) in [4.78, 5) is 0. The van der Waals surface area contributed by atoms with Gasteiger partial charge < -0.3 is 0 Å².